The van der Waals surface area contributed by atoms with E-state index in [-0.39, 0.29) is 5.91 Å². The maximum absolute atomic E-state index is 13.2. The fourth-order valence-corrected chi connectivity index (χ4v) is 4.29. The first-order valence-corrected chi connectivity index (χ1v) is 10.5. The molecule has 0 aliphatic rings. The van der Waals surface area contributed by atoms with Crippen molar-refractivity contribution >= 4 is 34.3 Å². The van der Waals surface area contributed by atoms with Crippen LogP contribution in [0, 0.1) is 5.41 Å². The Balaban J connectivity index is 1.76. The number of para-hydroxylation sites is 1. The molecule has 0 fully saturated rings. The van der Waals surface area contributed by atoms with Crippen molar-refractivity contribution in [3.63, 3.8) is 0 Å². The second kappa shape index (κ2) is 9.11. The van der Waals surface area contributed by atoms with Crippen LogP contribution in [-0.2, 0) is 4.79 Å². The van der Waals surface area contributed by atoms with Crippen LogP contribution in [0.15, 0.2) is 65.7 Å². The van der Waals surface area contributed by atoms with Crippen LogP contribution < -0.4 is 10.1 Å². The van der Waals surface area contributed by atoms with Crippen molar-refractivity contribution in [1.29, 1.82) is 0 Å². The Kier molecular flexibility index (Phi) is 6.57. The summed E-state index contributed by atoms with van der Waals surface area (Å²) in [6.07, 6.45) is 3.52. The summed E-state index contributed by atoms with van der Waals surface area (Å²) in [4.78, 5) is 18.8. The van der Waals surface area contributed by atoms with Crippen molar-refractivity contribution in [3.05, 3.63) is 60.8 Å². The van der Waals surface area contributed by atoms with Gasteiger partial charge in [-0.1, -0.05) is 31.5 Å². The molecule has 2 aromatic carbocycles. The first-order chi connectivity index (χ1) is 13.6. The number of carbonyl (C=O) groups excluding carboxylic acids is 1. The van der Waals surface area contributed by atoms with E-state index in [1.165, 1.54) is 0 Å². The van der Waals surface area contributed by atoms with Gasteiger partial charge in [-0.2, -0.15) is 0 Å². The quantitative estimate of drug-likeness (QED) is 0.492. The summed E-state index contributed by atoms with van der Waals surface area (Å²) in [7, 11) is 1.66. The molecule has 1 aromatic heterocycles. The van der Waals surface area contributed by atoms with Crippen LogP contribution in [0.1, 0.15) is 26.7 Å². The Labute approximate surface area is 170 Å². The summed E-state index contributed by atoms with van der Waals surface area (Å²) in [5.74, 6) is 1.58. The summed E-state index contributed by atoms with van der Waals surface area (Å²) < 4.78 is 5.21. The molecule has 0 aliphatic carbocycles. The molecule has 1 atom stereocenters. The first kappa shape index (κ1) is 20.2. The molecule has 3 rings (SSSR count). The molecule has 3 aromatic rings. The predicted molar refractivity (Wildman–Crippen MR) is 117 cm³/mol. The minimum Gasteiger partial charge on any atom is -0.497 e. The molecule has 0 aliphatic heterocycles. The molecule has 5 heteroatoms. The lowest BCUT2D eigenvalue weighted by atomic mass is 9.86. The highest BCUT2D eigenvalue weighted by molar-refractivity contribution is 7.99. The number of hydrogen-bond donors (Lipinski definition) is 1. The van der Waals surface area contributed by atoms with Crippen molar-refractivity contribution < 1.29 is 9.53 Å². The second-order valence-corrected chi connectivity index (χ2v) is 8.16. The number of fused-ring (bicyclic) bond motifs is 1. The van der Waals surface area contributed by atoms with Gasteiger partial charge in [-0.15, -0.1) is 11.8 Å². The Morgan fingerprint density at radius 1 is 1.14 bits per heavy atom. The molecule has 0 bridgehead atoms. The van der Waals surface area contributed by atoms with Crippen LogP contribution in [0.2, 0.25) is 0 Å². The smallest absolute Gasteiger partial charge is 0.231 e. The van der Waals surface area contributed by atoms with Crippen LogP contribution >= 0.6 is 11.8 Å². The van der Waals surface area contributed by atoms with E-state index in [1.807, 2.05) is 61.5 Å². The van der Waals surface area contributed by atoms with E-state index in [0.29, 0.717) is 5.75 Å². The molecule has 1 amide bonds. The average Bonchev–Trinajstić information content (AvgIpc) is 2.73. The van der Waals surface area contributed by atoms with Gasteiger partial charge in [-0.3, -0.25) is 9.78 Å². The van der Waals surface area contributed by atoms with Crippen molar-refractivity contribution in [2.24, 2.45) is 5.41 Å². The van der Waals surface area contributed by atoms with E-state index >= 15 is 0 Å². The maximum atomic E-state index is 13.2. The number of ether oxygens (including phenoxy) is 1. The minimum absolute atomic E-state index is 0.0357. The highest BCUT2D eigenvalue weighted by atomic mass is 32.2. The third-order valence-electron chi connectivity index (χ3n) is 4.85. The number of aromatic nitrogens is 1. The maximum Gasteiger partial charge on any atom is 0.231 e. The molecule has 0 saturated heterocycles. The lowest BCUT2D eigenvalue weighted by Crippen LogP contribution is -2.35. The summed E-state index contributed by atoms with van der Waals surface area (Å²) >= 11 is 1.70. The Bertz CT molecular complexity index is 937. The van der Waals surface area contributed by atoms with E-state index in [2.05, 4.69) is 17.2 Å². The van der Waals surface area contributed by atoms with Gasteiger partial charge in [0.15, 0.2) is 0 Å². The Hall–Kier alpha value is -2.53. The number of benzene rings is 2. The lowest BCUT2D eigenvalue weighted by Gasteiger charge is -2.28. The molecule has 0 radical (unpaired) electrons. The van der Waals surface area contributed by atoms with Crippen molar-refractivity contribution in [2.75, 3.05) is 18.2 Å². The topological polar surface area (TPSA) is 51.2 Å². The normalized spacial score (nSPS) is 13.1. The second-order valence-electron chi connectivity index (χ2n) is 7.11. The number of hydrogen-bond acceptors (Lipinski definition) is 4. The molecule has 1 unspecified atom stereocenters. The number of amides is 1. The summed E-state index contributed by atoms with van der Waals surface area (Å²) in [5, 5.41) is 4.15. The number of methoxy groups -OCH3 is 1. The molecule has 1 heterocycles. The van der Waals surface area contributed by atoms with Crippen LogP contribution in [0.3, 0.4) is 0 Å². The number of rotatable bonds is 8. The molecule has 146 valence electrons. The third kappa shape index (κ3) is 4.65. The molecule has 0 saturated carbocycles. The van der Waals surface area contributed by atoms with Gasteiger partial charge in [0.2, 0.25) is 5.91 Å². The number of nitrogens with zero attached hydrogens (tertiary/aromatic N) is 1. The largest absolute Gasteiger partial charge is 0.497 e. The zero-order valence-electron chi connectivity index (χ0n) is 16.6. The average molecular weight is 395 g/mol. The van der Waals surface area contributed by atoms with E-state index < -0.39 is 5.41 Å². The fraction of sp³-hybridized carbons (Fsp3) is 0.304. The van der Waals surface area contributed by atoms with Gasteiger partial charge < -0.3 is 10.1 Å². The number of carbonyl (C=O) groups is 1. The molecular weight excluding hydrogens is 368 g/mol. The lowest BCUT2D eigenvalue weighted by molar-refractivity contribution is -0.124. The van der Waals surface area contributed by atoms with Gasteiger partial charge in [-0.05, 0) is 49.7 Å². The summed E-state index contributed by atoms with van der Waals surface area (Å²) in [5.41, 5.74) is 1.11. The van der Waals surface area contributed by atoms with Crippen LogP contribution in [0.5, 0.6) is 5.75 Å². The SMILES string of the molecule is CCCC(C)(CSc1ccc(OC)cc1)C(=O)Nc1cccc2cccnc12. The van der Waals surface area contributed by atoms with E-state index in [1.54, 1.807) is 25.1 Å². The van der Waals surface area contributed by atoms with E-state index in [0.717, 1.165) is 40.1 Å². The van der Waals surface area contributed by atoms with Crippen molar-refractivity contribution in [2.45, 2.75) is 31.6 Å². The standard InChI is InChI=1S/C23H26N2O2S/c1-4-14-23(2,16-28-19-12-10-18(27-3)11-13-19)22(26)25-20-9-5-7-17-8-6-15-24-21(17)20/h5-13,15H,4,14,16H2,1-3H3,(H,25,26). The zero-order valence-corrected chi connectivity index (χ0v) is 17.4. The van der Waals surface area contributed by atoms with E-state index in [4.69, 9.17) is 4.74 Å². The summed E-state index contributed by atoms with van der Waals surface area (Å²) in [6.45, 7) is 4.16. The van der Waals surface area contributed by atoms with Crippen LogP contribution in [0.25, 0.3) is 10.9 Å². The zero-order chi connectivity index (χ0) is 20.0. The number of nitrogens with one attached hydrogen (secondary N) is 1. The van der Waals surface area contributed by atoms with Gasteiger partial charge >= 0.3 is 0 Å². The van der Waals surface area contributed by atoms with Gasteiger partial charge in [-0.25, -0.2) is 0 Å². The Morgan fingerprint density at radius 2 is 1.89 bits per heavy atom. The Morgan fingerprint density at radius 3 is 2.61 bits per heavy atom. The minimum atomic E-state index is -0.476. The molecule has 4 nitrogen and oxygen atoms in total. The number of anilines is 1. The van der Waals surface area contributed by atoms with Crippen LogP contribution in [0.4, 0.5) is 5.69 Å². The monoisotopic (exact) mass is 394 g/mol. The highest BCUT2D eigenvalue weighted by Gasteiger charge is 2.33. The highest BCUT2D eigenvalue weighted by Crippen LogP contribution is 2.34. The van der Waals surface area contributed by atoms with Crippen molar-refractivity contribution in [1.82, 2.24) is 4.98 Å². The molecule has 28 heavy (non-hydrogen) atoms. The summed E-state index contributed by atoms with van der Waals surface area (Å²) in [6, 6.07) is 17.7. The third-order valence-corrected chi connectivity index (χ3v) is 6.23. The van der Waals surface area contributed by atoms with E-state index in [9.17, 15) is 4.79 Å². The first-order valence-electron chi connectivity index (χ1n) is 9.48. The van der Waals surface area contributed by atoms with Crippen molar-refractivity contribution in [3.8, 4) is 5.75 Å². The fourth-order valence-electron chi connectivity index (χ4n) is 3.20. The van der Waals surface area contributed by atoms with Gasteiger partial charge in [0.1, 0.15) is 5.75 Å². The number of pyridine rings is 1. The van der Waals surface area contributed by atoms with Gasteiger partial charge in [0.05, 0.1) is 23.7 Å². The number of thioether (sulfide) groups is 1. The molecule has 0 spiro atoms. The molecule has 1 N–H and O–H groups in total. The predicted octanol–water partition coefficient (Wildman–Crippen LogP) is 5.78. The van der Waals surface area contributed by atoms with Crippen LogP contribution in [-0.4, -0.2) is 23.8 Å². The molecular formula is C23H26N2O2S. The van der Waals surface area contributed by atoms with Gasteiger partial charge in [0.25, 0.3) is 0 Å². The van der Waals surface area contributed by atoms with Gasteiger partial charge in [0, 0.05) is 22.2 Å².